The van der Waals surface area contributed by atoms with E-state index >= 15 is 4.39 Å². The fourth-order valence-electron chi connectivity index (χ4n) is 7.20. The molecule has 0 atom stereocenters. The Balaban J connectivity index is 1.68. The maximum Gasteiger partial charge on any atom is 0.237 e. The van der Waals surface area contributed by atoms with E-state index in [0.29, 0.717) is 17.4 Å². The second-order valence-electron chi connectivity index (χ2n) is 13.2. The molecule has 1 saturated carbocycles. The molecule has 0 saturated heterocycles. The van der Waals surface area contributed by atoms with Gasteiger partial charge in [0.15, 0.2) is 5.82 Å². The average molecular weight is 598 g/mol. The lowest BCUT2D eigenvalue weighted by molar-refractivity contribution is -0.124. The van der Waals surface area contributed by atoms with Gasteiger partial charge in [-0.2, -0.15) is 0 Å². The fraction of sp³-hybridized carbons (Fsp3) is 0.486. The predicted molar refractivity (Wildman–Crippen MR) is 181 cm³/mol. The van der Waals surface area contributed by atoms with Crippen LogP contribution in [0.2, 0.25) is 0 Å². The van der Waals surface area contributed by atoms with E-state index in [1.54, 1.807) is 6.08 Å². The molecule has 1 amide bonds. The van der Waals surface area contributed by atoms with Crippen LogP contribution >= 0.6 is 0 Å². The van der Waals surface area contributed by atoms with E-state index in [9.17, 15) is 4.79 Å². The van der Waals surface area contributed by atoms with Gasteiger partial charge in [-0.25, -0.2) is 14.4 Å². The van der Waals surface area contributed by atoms with Crippen LogP contribution in [-0.4, -0.2) is 26.5 Å². The van der Waals surface area contributed by atoms with Crippen LogP contribution in [-0.2, 0) is 10.2 Å². The molecule has 2 aromatic heterocycles. The number of halogens is 1. The quantitative estimate of drug-likeness (QED) is 0.211. The number of nitrogens with zero attached hydrogens (tertiary/aromatic N) is 4. The number of aromatic nitrogens is 3. The summed E-state index contributed by atoms with van der Waals surface area (Å²) in [6, 6.07) is 8.80. The van der Waals surface area contributed by atoms with Gasteiger partial charge >= 0.3 is 0 Å². The number of nitrogens with one attached hydrogen (secondary N) is 1. The number of hydrogen-bond acceptors (Lipinski definition) is 4. The predicted octanol–water partition coefficient (Wildman–Crippen LogP) is 9.80. The third-order valence-electron chi connectivity index (χ3n) is 9.43. The minimum atomic E-state index is -0.471. The van der Waals surface area contributed by atoms with E-state index in [1.165, 1.54) is 6.08 Å². The number of imidazole rings is 1. The Labute approximate surface area is 262 Å². The maximum atomic E-state index is 15.0. The van der Waals surface area contributed by atoms with E-state index in [-0.39, 0.29) is 18.0 Å². The van der Waals surface area contributed by atoms with E-state index < -0.39 is 11.2 Å². The first-order valence-corrected chi connectivity index (χ1v) is 16.4. The molecule has 234 valence electrons. The van der Waals surface area contributed by atoms with Crippen molar-refractivity contribution in [1.29, 1.82) is 0 Å². The van der Waals surface area contributed by atoms with Crippen molar-refractivity contribution < 1.29 is 9.18 Å². The summed E-state index contributed by atoms with van der Waals surface area (Å²) in [6.45, 7) is 18.3. The van der Waals surface area contributed by atoms with Gasteiger partial charge in [-0.15, -0.1) is 0 Å². The van der Waals surface area contributed by atoms with Gasteiger partial charge in [0, 0.05) is 23.3 Å². The third kappa shape index (κ3) is 5.50. The highest BCUT2D eigenvalue weighted by Gasteiger charge is 2.53. The zero-order valence-corrected chi connectivity index (χ0v) is 27.5. The van der Waals surface area contributed by atoms with Crippen molar-refractivity contribution in [3.8, 4) is 11.3 Å². The minimum Gasteiger partial charge on any atom is -0.336 e. The lowest BCUT2D eigenvalue weighted by Gasteiger charge is -2.42. The molecular weight excluding hydrogens is 549 g/mol. The van der Waals surface area contributed by atoms with Gasteiger partial charge in [-0.1, -0.05) is 64.3 Å². The Bertz CT molecular complexity index is 1610. The monoisotopic (exact) mass is 597 g/mol. The van der Waals surface area contributed by atoms with Crippen LogP contribution in [0.4, 0.5) is 15.9 Å². The zero-order chi connectivity index (χ0) is 31.8. The number of fused-ring (bicyclic) bond motifs is 2. The van der Waals surface area contributed by atoms with Gasteiger partial charge in [0.1, 0.15) is 11.3 Å². The molecule has 0 unspecified atom stereocenters. The number of pyridine rings is 1. The standard InChI is InChI=1S/C37H48FN5O/c1-9-15-37(16-10-2)28-14-13-26(20-33(28)43(36(37)44)27-18-25(11-3)19-27)30-21-32-34(42(22-39-32)24(7)8)35(40-30)41-31(17-23(5)6)29(38)12-4/h12-14,17,20-22,24-25,27H,4,9-11,15-16,18-19H2,1-3,5-8H3,(H,40,41)/b31-29-. The van der Waals surface area contributed by atoms with Crippen molar-refractivity contribution in [3.63, 3.8) is 0 Å². The largest absolute Gasteiger partial charge is 0.336 e. The van der Waals surface area contributed by atoms with Crippen LogP contribution < -0.4 is 10.2 Å². The van der Waals surface area contributed by atoms with Gasteiger partial charge in [0.25, 0.3) is 0 Å². The smallest absolute Gasteiger partial charge is 0.237 e. The summed E-state index contributed by atoms with van der Waals surface area (Å²) in [7, 11) is 0. The molecule has 2 aliphatic rings. The second-order valence-corrected chi connectivity index (χ2v) is 13.2. The van der Waals surface area contributed by atoms with Crippen molar-refractivity contribution in [1.82, 2.24) is 14.5 Å². The Kier molecular flexibility index (Phi) is 9.15. The molecule has 1 aliphatic heterocycles. The lowest BCUT2D eigenvalue weighted by Crippen LogP contribution is -2.50. The number of carbonyl (C=O) groups excluding carboxylic acids is 1. The lowest BCUT2D eigenvalue weighted by atomic mass is 9.73. The van der Waals surface area contributed by atoms with Gasteiger partial charge in [-0.05, 0) is 89.1 Å². The van der Waals surface area contributed by atoms with Crippen LogP contribution in [0.3, 0.4) is 0 Å². The van der Waals surface area contributed by atoms with Gasteiger partial charge < -0.3 is 14.8 Å². The maximum absolute atomic E-state index is 15.0. The number of hydrogen-bond donors (Lipinski definition) is 1. The summed E-state index contributed by atoms with van der Waals surface area (Å²) in [5, 5.41) is 3.28. The molecule has 1 fully saturated rings. The highest BCUT2D eigenvalue weighted by Crippen LogP contribution is 2.52. The van der Waals surface area contributed by atoms with Crippen LogP contribution in [0.5, 0.6) is 0 Å². The molecule has 3 heterocycles. The Morgan fingerprint density at radius 3 is 2.45 bits per heavy atom. The van der Waals surface area contributed by atoms with E-state index in [2.05, 4.69) is 69.6 Å². The van der Waals surface area contributed by atoms with Crippen molar-refractivity contribution >= 4 is 28.4 Å². The fourth-order valence-corrected chi connectivity index (χ4v) is 7.20. The highest BCUT2D eigenvalue weighted by atomic mass is 19.1. The molecule has 5 rings (SSSR count). The first-order chi connectivity index (χ1) is 21.1. The third-order valence-corrected chi connectivity index (χ3v) is 9.43. The van der Waals surface area contributed by atoms with E-state index in [4.69, 9.17) is 9.97 Å². The van der Waals surface area contributed by atoms with Crippen LogP contribution in [0.25, 0.3) is 22.3 Å². The van der Waals surface area contributed by atoms with E-state index in [1.807, 2.05) is 30.8 Å². The number of rotatable bonds is 12. The summed E-state index contributed by atoms with van der Waals surface area (Å²) in [5.74, 6) is 1.02. The van der Waals surface area contributed by atoms with Crippen LogP contribution in [0.1, 0.15) is 105 Å². The normalized spacial score (nSPS) is 19.6. The number of anilines is 2. The number of benzene rings is 1. The molecule has 0 spiro atoms. The van der Waals surface area contributed by atoms with Crippen molar-refractivity contribution in [2.24, 2.45) is 5.92 Å². The molecular formula is C37H48FN5O. The van der Waals surface area contributed by atoms with Crippen LogP contribution in [0.15, 0.2) is 66.4 Å². The molecule has 44 heavy (non-hydrogen) atoms. The minimum absolute atomic E-state index is 0.132. The number of amides is 1. The summed E-state index contributed by atoms with van der Waals surface area (Å²) < 4.78 is 17.1. The summed E-state index contributed by atoms with van der Waals surface area (Å²) >= 11 is 0. The highest BCUT2D eigenvalue weighted by molar-refractivity contribution is 6.09. The molecule has 1 aromatic carbocycles. The summed E-state index contributed by atoms with van der Waals surface area (Å²) in [5.41, 5.74) is 6.17. The van der Waals surface area contributed by atoms with Gasteiger partial charge in [0.2, 0.25) is 5.91 Å². The van der Waals surface area contributed by atoms with Gasteiger partial charge in [0.05, 0.1) is 28.6 Å². The summed E-state index contributed by atoms with van der Waals surface area (Å²) in [6.07, 6.45) is 11.7. The van der Waals surface area contributed by atoms with Crippen molar-refractivity contribution in [2.45, 2.75) is 111 Å². The molecule has 0 radical (unpaired) electrons. The first-order valence-electron chi connectivity index (χ1n) is 16.4. The van der Waals surface area contributed by atoms with Crippen molar-refractivity contribution in [3.05, 3.63) is 72.0 Å². The topological polar surface area (TPSA) is 63.1 Å². The van der Waals surface area contributed by atoms with Crippen LogP contribution in [0, 0.1) is 5.92 Å². The first kappa shape index (κ1) is 31.7. The Morgan fingerprint density at radius 2 is 1.86 bits per heavy atom. The van der Waals surface area contributed by atoms with Gasteiger partial charge in [-0.3, -0.25) is 4.79 Å². The number of carbonyl (C=O) groups is 1. The molecule has 6 nitrogen and oxygen atoms in total. The molecule has 1 aliphatic carbocycles. The zero-order valence-electron chi connectivity index (χ0n) is 27.5. The molecule has 3 aromatic rings. The molecule has 7 heteroatoms. The molecule has 0 bridgehead atoms. The Hall–Kier alpha value is -3.74. The van der Waals surface area contributed by atoms with E-state index in [0.717, 1.165) is 84.1 Å². The van der Waals surface area contributed by atoms with Crippen molar-refractivity contribution in [2.75, 3.05) is 10.2 Å². The molecule has 1 N–H and O–H groups in total. The SMILES string of the molecule is C=C/C(F)=C(\C=C(C)C)Nc1nc(-c2ccc3c(c2)N(C2CC(CC)C2)C(=O)C3(CCC)CCC)cc2ncn(C(C)C)c12. The second kappa shape index (κ2) is 12.7. The average Bonchev–Trinajstić information content (AvgIpc) is 3.50. The number of allylic oxidation sites excluding steroid dienone is 4. The Morgan fingerprint density at radius 1 is 1.16 bits per heavy atom. The summed E-state index contributed by atoms with van der Waals surface area (Å²) in [4.78, 5) is 26.3.